The number of hydrogen-bond acceptors (Lipinski definition) is 3. The minimum Gasteiger partial charge on any atom is -0.278 e. The highest BCUT2D eigenvalue weighted by atomic mass is 79.9. The van der Waals surface area contributed by atoms with Gasteiger partial charge in [-0.25, -0.2) is 17.2 Å². The van der Waals surface area contributed by atoms with Crippen LogP contribution in [0, 0.1) is 23.0 Å². The maximum atomic E-state index is 13.6. The smallest absolute Gasteiger partial charge is 0.264 e. The van der Waals surface area contributed by atoms with E-state index in [1.54, 1.807) is 6.07 Å². The van der Waals surface area contributed by atoms with Crippen molar-refractivity contribution in [3.63, 3.8) is 0 Å². The quantitative estimate of drug-likeness (QED) is 0.897. The molecule has 21 heavy (non-hydrogen) atoms. The number of benzene rings is 2. The van der Waals surface area contributed by atoms with Crippen LogP contribution in [0.5, 0.6) is 0 Å². The molecule has 0 radical (unpaired) electrons. The maximum absolute atomic E-state index is 13.6. The van der Waals surface area contributed by atoms with Gasteiger partial charge in [-0.05, 0) is 30.3 Å². The van der Waals surface area contributed by atoms with Crippen molar-refractivity contribution in [2.75, 3.05) is 4.72 Å². The molecular formula is C13H7BrF2N2O2S. The van der Waals surface area contributed by atoms with E-state index in [2.05, 4.69) is 20.7 Å². The molecule has 108 valence electrons. The van der Waals surface area contributed by atoms with E-state index in [-0.39, 0.29) is 11.3 Å². The summed E-state index contributed by atoms with van der Waals surface area (Å²) in [6, 6.07) is 8.29. The Morgan fingerprint density at radius 3 is 2.48 bits per heavy atom. The number of sulfonamides is 1. The summed E-state index contributed by atoms with van der Waals surface area (Å²) in [5.41, 5.74) is 0.0693. The number of nitrogens with zero attached hydrogens (tertiary/aromatic N) is 1. The lowest BCUT2D eigenvalue weighted by atomic mass is 10.2. The number of nitriles is 1. The summed E-state index contributed by atoms with van der Waals surface area (Å²) in [5, 5.41) is 8.94. The second-order valence-electron chi connectivity index (χ2n) is 3.98. The van der Waals surface area contributed by atoms with Gasteiger partial charge >= 0.3 is 0 Å². The molecule has 0 heterocycles. The van der Waals surface area contributed by atoms with Gasteiger partial charge in [0.1, 0.15) is 22.6 Å². The van der Waals surface area contributed by atoms with Gasteiger partial charge in [-0.1, -0.05) is 15.9 Å². The topological polar surface area (TPSA) is 70.0 Å². The van der Waals surface area contributed by atoms with Gasteiger partial charge in [0, 0.05) is 10.5 Å². The van der Waals surface area contributed by atoms with Gasteiger partial charge in [-0.2, -0.15) is 5.26 Å². The second kappa shape index (κ2) is 5.79. The highest BCUT2D eigenvalue weighted by molar-refractivity contribution is 9.10. The highest BCUT2D eigenvalue weighted by Crippen LogP contribution is 2.25. The van der Waals surface area contributed by atoms with E-state index < -0.39 is 26.6 Å². The second-order valence-corrected chi connectivity index (χ2v) is 6.55. The number of halogens is 3. The van der Waals surface area contributed by atoms with Gasteiger partial charge in [0.25, 0.3) is 10.0 Å². The molecule has 0 aromatic heterocycles. The van der Waals surface area contributed by atoms with E-state index in [0.717, 1.165) is 12.1 Å². The van der Waals surface area contributed by atoms with Crippen LogP contribution in [0.25, 0.3) is 0 Å². The Balaban J connectivity index is 2.47. The first-order valence-corrected chi connectivity index (χ1v) is 7.78. The number of nitrogens with one attached hydrogen (secondary N) is 1. The molecule has 0 aliphatic rings. The lowest BCUT2D eigenvalue weighted by Crippen LogP contribution is -2.15. The highest BCUT2D eigenvalue weighted by Gasteiger charge is 2.21. The Kier molecular flexibility index (Phi) is 4.25. The molecule has 2 rings (SSSR count). The predicted molar refractivity (Wildman–Crippen MR) is 76.0 cm³/mol. The Morgan fingerprint density at radius 2 is 1.86 bits per heavy atom. The minimum absolute atomic E-state index is 0.00407. The molecule has 0 aliphatic carbocycles. The normalized spacial score (nSPS) is 11.0. The van der Waals surface area contributed by atoms with Crippen molar-refractivity contribution in [3.05, 3.63) is 58.1 Å². The summed E-state index contributed by atoms with van der Waals surface area (Å²) in [7, 11) is -4.27. The van der Waals surface area contributed by atoms with Crippen molar-refractivity contribution in [3.8, 4) is 6.07 Å². The first-order chi connectivity index (χ1) is 9.83. The third-order valence-corrected chi connectivity index (χ3v) is 4.42. The molecule has 0 saturated carbocycles. The fraction of sp³-hybridized carbons (Fsp3) is 0. The van der Waals surface area contributed by atoms with Crippen LogP contribution in [-0.4, -0.2) is 8.42 Å². The van der Waals surface area contributed by atoms with Crippen LogP contribution in [0.2, 0.25) is 0 Å². The SMILES string of the molecule is N#Cc1ccc(Br)cc1NS(=O)(=O)c1ccc(F)cc1F. The van der Waals surface area contributed by atoms with Crippen LogP contribution in [-0.2, 0) is 10.0 Å². The van der Waals surface area contributed by atoms with E-state index >= 15 is 0 Å². The van der Waals surface area contributed by atoms with E-state index in [4.69, 9.17) is 5.26 Å². The van der Waals surface area contributed by atoms with Crippen molar-refractivity contribution in [2.45, 2.75) is 4.90 Å². The Labute approximate surface area is 128 Å². The lowest BCUT2D eigenvalue weighted by Gasteiger charge is -2.10. The summed E-state index contributed by atoms with van der Waals surface area (Å²) in [6.07, 6.45) is 0. The van der Waals surface area contributed by atoms with Crippen LogP contribution in [0.3, 0.4) is 0 Å². The van der Waals surface area contributed by atoms with Crippen LogP contribution in [0.15, 0.2) is 45.8 Å². The first-order valence-electron chi connectivity index (χ1n) is 5.51. The Bertz CT molecular complexity index is 848. The zero-order valence-corrected chi connectivity index (χ0v) is 12.7. The van der Waals surface area contributed by atoms with Crippen LogP contribution < -0.4 is 4.72 Å². The fourth-order valence-corrected chi connectivity index (χ4v) is 3.08. The van der Waals surface area contributed by atoms with Gasteiger partial charge in [-0.15, -0.1) is 0 Å². The molecule has 0 saturated heterocycles. The number of anilines is 1. The van der Waals surface area contributed by atoms with Crippen molar-refractivity contribution in [1.29, 1.82) is 5.26 Å². The first kappa shape index (κ1) is 15.4. The summed E-state index contributed by atoms with van der Waals surface area (Å²) >= 11 is 3.15. The summed E-state index contributed by atoms with van der Waals surface area (Å²) < 4.78 is 53.3. The maximum Gasteiger partial charge on any atom is 0.264 e. The zero-order valence-electron chi connectivity index (χ0n) is 10.3. The molecule has 2 aromatic rings. The molecule has 0 unspecified atom stereocenters. The number of rotatable bonds is 3. The molecule has 8 heteroatoms. The van der Waals surface area contributed by atoms with Crippen molar-refractivity contribution < 1.29 is 17.2 Å². The molecule has 0 amide bonds. The molecule has 4 nitrogen and oxygen atoms in total. The number of hydrogen-bond donors (Lipinski definition) is 1. The van der Waals surface area contributed by atoms with Crippen LogP contribution in [0.4, 0.5) is 14.5 Å². The molecule has 0 fully saturated rings. The van der Waals surface area contributed by atoms with Crippen LogP contribution >= 0.6 is 15.9 Å². The molecule has 0 aliphatic heterocycles. The standard InChI is InChI=1S/C13H7BrF2N2O2S/c14-9-2-1-8(7-17)12(5-9)18-21(19,20)13-4-3-10(15)6-11(13)16/h1-6,18H. The van der Waals surface area contributed by atoms with Gasteiger partial charge in [0.05, 0.1) is 11.3 Å². The predicted octanol–water partition coefficient (Wildman–Crippen LogP) is 3.40. The van der Waals surface area contributed by atoms with Crippen molar-refractivity contribution in [2.24, 2.45) is 0 Å². The van der Waals surface area contributed by atoms with E-state index in [9.17, 15) is 17.2 Å². The van der Waals surface area contributed by atoms with Gasteiger partial charge in [-0.3, -0.25) is 4.72 Å². The molecule has 1 N–H and O–H groups in total. The molecule has 0 spiro atoms. The summed E-state index contributed by atoms with van der Waals surface area (Å²) in [4.78, 5) is -0.701. The van der Waals surface area contributed by atoms with Gasteiger partial charge in [0.2, 0.25) is 0 Å². The van der Waals surface area contributed by atoms with Crippen molar-refractivity contribution >= 4 is 31.6 Å². The summed E-state index contributed by atoms with van der Waals surface area (Å²) in [6.45, 7) is 0. The average molecular weight is 373 g/mol. The largest absolute Gasteiger partial charge is 0.278 e. The molecule has 0 bridgehead atoms. The van der Waals surface area contributed by atoms with E-state index in [1.165, 1.54) is 12.1 Å². The van der Waals surface area contributed by atoms with Crippen LogP contribution in [0.1, 0.15) is 5.56 Å². The zero-order chi connectivity index (χ0) is 15.6. The molecule has 2 aromatic carbocycles. The third-order valence-electron chi connectivity index (χ3n) is 2.53. The van der Waals surface area contributed by atoms with Gasteiger partial charge in [0.15, 0.2) is 0 Å². The summed E-state index contributed by atoms with van der Waals surface area (Å²) in [5.74, 6) is -2.09. The Hall–Kier alpha value is -1.98. The molecular weight excluding hydrogens is 366 g/mol. The minimum atomic E-state index is -4.27. The molecule has 0 atom stereocenters. The Morgan fingerprint density at radius 1 is 1.14 bits per heavy atom. The average Bonchev–Trinajstić information content (AvgIpc) is 2.37. The lowest BCUT2D eigenvalue weighted by molar-refractivity contribution is 0.551. The monoisotopic (exact) mass is 372 g/mol. The fourth-order valence-electron chi connectivity index (χ4n) is 1.59. The van der Waals surface area contributed by atoms with Gasteiger partial charge < -0.3 is 0 Å². The third kappa shape index (κ3) is 3.37. The van der Waals surface area contributed by atoms with E-state index in [1.807, 2.05) is 6.07 Å². The van der Waals surface area contributed by atoms with E-state index in [0.29, 0.717) is 10.5 Å². The van der Waals surface area contributed by atoms with Crippen molar-refractivity contribution in [1.82, 2.24) is 0 Å².